The maximum absolute atomic E-state index is 13.0. The van der Waals surface area contributed by atoms with Crippen molar-refractivity contribution < 1.29 is 22.8 Å². The highest BCUT2D eigenvalue weighted by atomic mass is 32.2. The van der Waals surface area contributed by atoms with Crippen LogP contribution < -0.4 is 24.0 Å². The first-order valence-corrected chi connectivity index (χ1v) is 10.9. The normalized spacial score (nSPS) is 15.3. The predicted octanol–water partition coefficient (Wildman–Crippen LogP) is 1.23. The summed E-state index contributed by atoms with van der Waals surface area (Å²) >= 11 is 0. The van der Waals surface area contributed by atoms with Gasteiger partial charge < -0.3 is 19.3 Å². The summed E-state index contributed by atoms with van der Waals surface area (Å²) in [6.45, 7) is 7.20. The molecule has 1 saturated heterocycles. The number of piperazine rings is 1. The molecule has 0 spiro atoms. The molecule has 1 fully saturated rings. The lowest BCUT2D eigenvalue weighted by molar-refractivity contribution is -0.898. The molecule has 8 heteroatoms. The summed E-state index contributed by atoms with van der Waals surface area (Å²) < 4.78 is 39.1. The number of likely N-dealkylation sites (N-methyl/N-ethyl adjacent to an activating group) is 1. The maximum atomic E-state index is 13.0. The lowest BCUT2D eigenvalue weighted by Gasteiger charge is -2.34. The highest BCUT2D eigenvalue weighted by Gasteiger charge is 2.23. The van der Waals surface area contributed by atoms with Gasteiger partial charge in [0.05, 0.1) is 63.2 Å². The fourth-order valence-corrected chi connectivity index (χ4v) is 4.53. The third kappa shape index (κ3) is 4.34. The average molecular weight is 407 g/mol. The zero-order chi connectivity index (χ0) is 20.1. The van der Waals surface area contributed by atoms with Gasteiger partial charge in [0.15, 0.2) is 11.5 Å². The molecule has 1 heterocycles. The molecule has 1 aliphatic rings. The number of para-hydroxylation sites is 2. The van der Waals surface area contributed by atoms with Crippen LogP contribution in [-0.4, -0.2) is 55.4 Å². The van der Waals surface area contributed by atoms with Gasteiger partial charge in [0.1, 0.15) is 0 Å². The first-order valence-electron chi connectivity index (χ1n) is 9.41. The van der Waals surface area contributed by atoms with Crippen LogP contribution in [0.4, 0.5) is 11.4 Å². The summed E-state index contributed by atoms with van der Waals surface area (Å²) in [6.07, 6.45) is 0. The molecule has 0 unspecified atom stereocenters. The van der Waals surface area contributed by atoms with Gasteiger partial charge in [0.25, 0.3) is 10.0 Å². The fraction of sp³-hybridized carbons (Fsp3) is 0.400. The molecular formula is C20H28N3O4S+. The lowest BCUT2D eigenvalue weighted by Crippen LogP contribution is -3.14. The van der Waals surface area contributed by atoms with Crippen molar-refractivity contribution in [3.05, 3.63) is 42.5 Å². The van der Waals surface area contributed by atoms with Crippen molar-refractivity contribution >= 4 is 21.4 Å². The van der Waals surface area contributed by atoms with Crippen LogP contribution >= 0.6 is 0 Å². The Morgan fingerprint density at radius 3 is 2.36 bits per heavy atom. The minimum Gasteiger partial charge on any atom is -0.493 e. The Bertz CT molecular complexity index is 909. The molecule has 0 radical (unpaired) electrons. The van der Waals surface area contributed by atoms with Crippen molar-refractivity contribution in [2.24, 2.45) is 0 Å². The van der Waals surface area contributed by atoms with Crippen molar-refractivity contribution in [1.82, 2.24) is 0 Å². The summed E-state index contributed by atoms with van der Waals surface area (Å²) in [5.74, 6) is 0.857. The van der Waals surface area contributed by atoms with E-state index in [0.29, 0.717) is 17.2 Å². The molecule has 2 N–H and O–H groups in total. The van der Waals surface area contributed by atoms with Crippen LogP contribution in [0, 0.1) is 0 Å². The lowest BCUT2D eigenvalue weighted by atomic mass is 10.2. The highest BCUT2D eigenvalue weighted by molar-refractivity contribution is 7.92. The van der Waals surface area contributed by atoms with Gasteiger partial charge in [-0.15, -0.1) is 0 Å². The van der Waals surface area contributed by atoms with Gasteiger partial charge in [0.2, 0.25) is 0 Å². The zero-order valence-corrected chi connectivity index (χ0v) is 17.4. The molecule has 3 rings (SSSR count). The van der Waals surface area contributed by atoms with E-state index in [1.165, 1.54) is 26.4 Å². The van der Waals surface area contributed by atoms with Crippen LogP contribution in [0.3, 0.4) is 0 Å². The summed E-state index contributed by atoms with van der Waals surface area (Å²) in [4.78, 5) is 3.94. The van der Waals surface area contributed by atoms with Gasteiger partial charge in [-0.2, -0.15) is 0 Å². The van der Waals surface area contributed by atoms with Gasteiger partial charge in [-0.1, -0.05) is 12.1 Å². The van der Waals surface area contributed by atoms with Gasteiger partial charge in [-0.05, 0) is 31.2 Å². The van der Waals surface area contributed by atoms with Gasteiger partial charge in [-0.3, -0.25) is 4.72 Å². The number of nitrogens with one attached hydrogen (secondary N) is 2. The van der Waals surface area contributed by atoms with E-state index >= 15 is 0 Å². The van der Waals surface area contributed by atoms with E-state index < -0.39 is 10.0 Å². The molecule has 2 aromatic rings. The molecule has 7 nitrogen and oxygen atoms in total. The number of hydrogen-bond donors (Lipinski definition) is 2. The highest BCUT2D eigenvalue weighted by Crippen LogP contribution is 2.32. The maximum Gasteiger partial charge on any atom is 0.262 e. The van der Waals surface area contributed by atoms with E-state index in [1.807, 2.05) is 18.2 Å². The number of ether oxygens (including phenoxy) is 2. The number of sulfonamides is 1. The van der Waals surface area contributed by atoms with Crippen molar-refractivity contribution in [3.8, 4) is 11.5 Å². The Morgan fingerprint density at radius 2 is 1.71 bits per heavy atom. The SMILES string of the molecule is CC[NH+]1CCN(c2ccccc2NS(=O)(=O)c2ccc(OC)c(OC)c2)CC1. The monoisotopic (exact) mass is 406 g/mol. The minimum atomic E-state index is -3.76. The molecule has 0 aliphatic carbocycles. The van der Waals surface area contributed by atoms with Crippen LogP contribution in [0.2, 0.25) is 0 Å². The van der Waals surface area contributed by atoms with E-state index in [-0.39, 0.29) is 4.90 Å². The number of anilines is 2. The van der Waals surface area contributed by atoms with E-state index in [9.17, 15) is 8.42 Å². The van der Waals surface area contributed by atoms with Crippen molar-refractivity contribution in [2.75, 3.05) is 56.6 Å². The second-order valence-electron chi connectivity index (χ2n) is 6.73. The summed E-state index contributed by atoms with van der Waals surface area (Å²) in [5.41, 5.74) is 1.49. The first kappa shape index (κ1) is 20.3. The zero-order valence-electron chi connectivity index (χ0n) is 16.6. The Morgan fingerprint density at radius 1 is 1.04 bits per heavy atom. The van der Waals surface area contributed by atoms with Crippen molar-refractivity contribution in [2.45, 2.75) is 11.8 Å². The van der Waals surface area contributed by atoms with Crippen LogP contribution in [-0.2, 0) is 10.0 Å². The van der Waals surface area contributed by atoms with Crippen molar-refractivity contribution in [1.29, 1.82) is 0 Å². The van der Waals surface area contributed by atoms with Crippen LogP contribution in [0.1, 0.15) is 6.92 Å². The van der Waals surface area contributed by atoms with E-state index in [0.717, 1.165) is 38.4 Å². The molecule has 0 saturated carbocycles. The minimum absolute atomic E-state index is 0.125. The number of methoxy groups -OCH3 is 2. The Labute approximate surface area is 166 Å². The van der Waals surface area contributed by atoms with Gasteiger partial charge >= 0.3 is 0 Å². The number of quaternary nitrogens is 1. The Hall–Kier alpha value is -2.45. The van der Waals surface area contributed by atoms with E-state index in [1.54, 1.807) is 17.0 Å². The third-order valence-electron chi connectivity index (χ3n) is 5.12. The molecule has 0 bridgehead atoms. The number of benzene rings is 2. The molecule has 28 heavy (non-hydrogen) atoms. The average Bonchev–Trinajstić information content (AvgIpc) is 2.73. The molecule has 2 aromatic carbocycles. The second kappa shape index (κ2) is 8.70. The van der Waals surface area contributed by atoms with Gasteiger partial charge in [0, 0.05) is 6.07 Å². The number of hydrogen-bond acceptors (Lipinski definition) is 5. The molecule has 0 aromatic heterocycles. The topological polar surface area (TPSA) is 72.3 Å². The Kier molecular flexibility index (Phi) is 6.31. The summed E-state index contributed by atoms with van der Waals surface area (Å²) in [5, 5.41) is 0. The molecule has 1 aliphatic heterocycles. The van der Waals surface area contributed by atoms with Gasteiger partial charge in [-0.25, -0.2) is 8.42 Å². The first-order chi connectivity index (χ1) is 13.5. The molecule has 152 valence electrons. The summed E-state index contributed by atoms with van der Waals surface area (Å²) in [6, 6.07) is 12.1. The second-order valence-corrected chi connectivity index (χ2v) is 8.41. The number of nitrogens with zero attached hydrogens (tertiary/aromatic N) is 1. The smallest absolute Gasteiger partial charge is 0.262 e. The quantitative estimate of drug-likeness (QED) is 0.724. The van der Waals surface area contributed by atoms with Crippen LogP contribution in [0.15, 0.2) is 47.4 Å². The largest absolute Gasteiger partial charge is 0.493 e. The molecule has 0 amide bonds. The van der Waals surface area contributed by atoms with Crippen LogP contribution in [0.5, 0.6) is 11.5 Å². The molecule has 0 atom stereocenters. The third-order valence-corrected chi connectivity index (χ3v) is 6.49. The fourth-order valence-electron chi connectivity index (χ4n) is 3.44. The van der Waals surface area contributed by atoms with Crippen molar-refractivity contribution in [3.63, 3.8) is 0 Å². The Balaban J connectivity index is 1.85. The van der Waals surface area contributed by atoms with E-state index in [2.05, 4.69) is 16.5 Å². The number of rotatable bonds is 7. The summed E-state index contributed by atoms with van der Waals surface area (Å²) in [7, 11) is -0.769. The van der Waals surface area contributed by atoms with E-state index in [4.69, 9.17) is 9.47 Å². The molecular weight excluding hydrogens is 378 g/mol. The standard InChI is InChI=1S/C20H27N3O4S/c1-4-22-11-13-23(14-12-22)18-8-6-5-7-17(18)21-28(24,25)16-9-10-19(26-2)20(15-16)27-3/h5-10,15,21H,4,11-14H2,1-3H3/p+1. The predicted molar refractivity (Wildman–Crippen MR) is 110 cm³/mol. The van der Waals surface area contributed by atoms with Crippen LogP contribution in [0.25, 0.3) is 0 Å².